The van der Waals surface area contributed by atoms with Crippen molar-refractivity contribution in [2.75, 3.05) is 26.0 Å². The maximum Gasteiger partial charge on any atom is 0.238 e. The predicted octanol–water partition coefficient (Wildman–Crippen LogP) is 4.36. The van der Waals surface area contributed by atoms with E-state index in [0.29, 0.717) is 11.4 Å². The van der Waals surface area contributed by atoms with Crippen LogP contribution in [0.3, 0.4) is 0 Å². The number of nitrogens with zero attached hydrogens (tertiary/aromatic N) is 1. The Labute approximate surface area is 160 Å². The topological polar surface area (TPSA) is 41.6 Å². The minimum atomic E-state index is -0.0844. The molecule has 0 spiro atoms. The van der Waals surface area contributed by atoms with E-state index in [4.69, 9.17) is 4.74 Å². The molecule has 138 valence electrons. The Bertz CT molecular complexity index is 826. The van der Waals surface area contributed by atoms with Crippen molar-refractivity contribution in [3.63, 3.8) is 0 Å². The summed E-state index contributed by atoms with van der Waals surface area (Å²) in [6.45, 7) is 0.256. The van der Waals surface area contributed by atoms with Crippen LogP contribution in [-0.2, 0) is 4.79 Å². The molecule has 0 radical (unpaired) electrons. The van der Waals surface area contributed by atoms with Crippen molar-refractivity contribution in [2.45, 2.75) is 6.04 Å². The first kappa shape index (κ1) is 18.7. The number of carbonyl (C=O) groups excluding carboxylic acids is 1. The summed E-state index contributed by atoms with van der Waals surface area (Å²) in [5, 5.41) is 2.94. The van der Waals surface area contributed by atoms with Gasteiger partial charge in [0.05, 0.1) is 25.4 Å². The molecule has 1 N–H and O–H groups in total. The molecule has 0 aliphatic rings. The Balaban J connectivity index is 1.78. The highest BCUT2D eigenvalue weighted by Gasteiger charge is 2.21. The number of amides is 1. The van der Waals surface area contributed by atoms with E-state index < -0.39 is 0 Å². The number of methoxy groups -OCH3 is 1. The number of nitrogens with one attached hydrogen (secondary N) is 1. The first-order valence-electron chi connectivity index (χ1n) is 8.92. The van der Waals surface area contributed by atoms with Crippen LogP contribution in [-0.4, -0.2) is 31.5 Å². The largest absolute Gasteiger partial charge is 0.495 e. The number of anilines is 1. The van der Waals surface area contributed by atoms with Crippen LogP contribution in [0, 0.1) is 0 Å². The summed E-state index contributed by atoms with van der Waals surface area (Å²) in [5.74, 6) is 0.565. The van der Waals surface area contributed by atoms with Gasteiger partial charge in [0.2, 0.25) is 5.91 Å². The van der Waals surface area contributed by atoms with Crippen LogP contribution in [0.5, 0.6) is 5.75 Å². The van der Waals surface area contributed by atoms with Gasteiger partial charge in [-0.1, -0.05) is 72.8 Å². The van der Waals surface area contributed by atoms with Crippen LogP contribution in [0.15, 0.2) is 84.9 Å². The average Bonchev–Trinajstić information content (AvgIpc) is 2.70. The quantitative estimate of drug-likeness (QED) is 0.681. The van der Waals surface area contributed by atoms with Gasteiger partial charge >= 0.3 is 0 Å². The van der Waals surface area contributed by atoms with E-state index >= 15 is 0 Å². The van der Waals surface area contributed by atoms with Crippen LogP contribution in [0.25, 0.3) is 0 Å². The molecule has 1 amide bonds. The summed E-state index contributed by atoms with van der Waals surface area (Å²) < 4.78 is 5.31. The van der Waals surface area contributed by atoms with Gasteiger partial charge < -0.3 is 10.1 Å². The fraction of sp³-hybridized carbons (Fsp3) is 0.174. The van der Waals surface area contributed by atoms with Crippen molar-refractivity contribution in [1.29, 1.82) is 0 Å². The molecule has 0 bridgehead atoms. The fourth-order valence-electron chi connectivity index (χ4n) is 3.23. The monoisotopic (exact) mass is 360 g/mol. The van der Waals surface area contributed by atoms with Crippen LogP contribution in [0.1, 0.15) is 17.2 Å². The standard InChI is InChI=1S/C23H24N2O2/c1-25(17-22(26)24-20-15-9-10-16-21(20)27-2)23(18-11-5-3-6-12-18)19-13-7-4-8-14-19/h3-16,23H,17H2,1-2H3,(H,24,26). The van der Waals surface area contributed by atoms with Crippen molar-refractivity contribution in [1.82, 2.24) is 4.90 Å². The van der Waals surface area contributed by atoms with E-state index in [1.807, 2.05) is 67.7 Å². The molecule has 4 heteroatoms. The first-order valence-corrected chi connectivity index (χ1v) is 8.92. The third kappa shape index (κ3) is 4.74. The minimum absolute atomic E-state index is 0.00387. The van der Waals surface area contributed by atoms with Gasteiger partial charge in [-0.25, -0.2) is 0 Å². The molecule has 4 nitrogen and oxygen atoms in total. The minimum Gasteiger partial charge on any atom is -0.495 e. The molecule has 0 unspecified atom stereocenters. The van der Waals surface area contributed by atoms with E-state index in [2.05, 4.69) is 34.5 Å². The third-order valence-corrected chi connectivity index (χ3v) is 4.45. The summed E-state index contributed by atoms with van der Waals surface area (Å²) in [4.78, 5) is 14.7. The molecule has 0 aromatic heterocycles. The molecule has 3 aromatic carbocycles. The van der Waals surface area contributed by atoms with Crippen molar-refractivity contribution in [3.8, 4) is 5.75 Å². The molecular formula is C23H24N2O2. The number of hydrogen-bond acceptors (Lipinski definition) is 3. The lowest BCUT2D eigenvalue weighted by Crippen LogP contribution is -2.34. The van der Waals surface area contributed by atoms with E-state index in [-0.39, 0.29) is 18.5 Å². The second-order valence-electron chi connectivity index (χ2n) is 6.39. The van der Waals surface area contributed by atoms with Crippen molar-refractivity contribution < 1.29 is 9.53 Å². The molecular weight excluding hydrogens is 336 g/mol. The molecule has 0 atom stereocenters. The molecule has 3 aromatic rings. The van der Waals surface area contributed by atoms with Crippen LogP contribution < -0.4 is 10.1 Å². The number of likely N-dealkylation sites (N-methyl/N-ethyl adjacent to an activating group) is 1. The Hall–Kier alpha value is -3.11. The lowest BCUT2D eigenvalue weighted by Gasteiger charge is -2.28. The maximum atomic E-state index is 12.6. The highest BCUT2D eigenvalue weighted by Crippen LogP contribution is 2.28. The molecule has 0 saturated heterocycles. The van der Waals surface area contributed by atoms with E-state index in [9.17, 15) is 4.79 Å². The Morgan fingerprint density at radius 3 is 1.96 bits per heavy atom. The van der Waals surface area contributed by atoms with Gasteiger partial charge in [-0.05, 0) is 30.3 Å². The van der Waals surface area contributed by atoms with E-state index in [1.54, 1.807) is 7.11 Å². The SMILES string of the molecule is COc1ccccc1NC(=O)CN(C)C(c1ccccc1)c1ccccc1. The highest BCUT2D eigenvalue weighted by atomic mass is 16.5. The Morgan fingerprint density at radius 2 is 1.41 bits per heavy atom. The highest BCUT2D eigenvalue weighted by molar-refractivity contribution is 5.93. The number of ether oxygens (including phenoxy) is 1. The van der Waals surface area contributed by atoms with Crippen LogP contribution in [0.2, 0.25) is 0 Å². The second kappa shape index (κ2) is 9.01. The fourth-order valence-corrected chi connectivity index (χ4v) is 3.23. The van der Waals surface area contributed by atoms with Gasteiger partial charge in [-0.2, -0.15) is 0 Å². The molecule has 0 heterocycles. The number of para-hydroxylation sites is 2. The summed E-state index contributed by atoms with van der Waals surface area (Å²) in [6, 6.07) is 27.9. The third-order valence-electron chi connectivity index (χ3n) is 4.45. The number of carbonyl (C=O) groups is 1. The van der Waals surface area contributed by atoms with Gasteiger partial charge in [0.15, 0.2) is 0 Å². The average molecular weight is 360 g/mol. The van der Waals surface area contributed by atoms with E-state index in [1.165, 1.54) is 0 Å². The summed E-state index contributed by atoms with van der Waals surface area (Å²) in [7, 11) is 3.56. The Kier molecular flexibility index (Phi) is 6.23. The summed E-state index contributed by atoms with van der Waals surface area (Å²) in [6.07, 6.45) is 0. The summed E-state index contributed by atoms with van der Waals surface area (Å²) in [5.41, 5.74) is 2.97. The lowest BCUT2D eigenvalue weighted by molar-refractivity contribution is -0.117. The zero-order valence-electron chi connectivity index (χ0n) is 15.6. The molecule has 27 heavy (non-hydrogen) atoms. The van der Waals surface area contributed by atoms with Crippen LogP contribution in [0.4, 0.5) is 5.69 Å². The van der Waals surface area contributed by atoms with Crippen molar-refractivity contribution >= 4 is 11.6 Å². The van der Waals surface area contributed by atoms with Gasteiger partial charge in [0, 0.05) is 0 Å². The Morgan fingerprint density at radius 1 is 0.889 bits per heavy atom. The first-order chi connectivity index (χ1) is 13.2. The van der Waals surface area contributed by atoms with E-state index in [0.717, 1.165) is 11.1 Å². The number of benzene rings is 3. The number of hydrogen-bond donors (Lipinski definition) is 1. The molecule has 0 aliphatic carbocycles. The van der Waals surface area contributed by atoms with Gasteiger partial charge in [-0.15, -0.1) is 0 Å². The molecule has 0 saturated carbocycles. The smallest absolute Gasteiger partial charge is 0.238 e. The zero-order valence-corrected chi connectivity index (χ0v) is 15.6. The predicted molar refractivity (Wildman–Crippen MR) is 109 cm³/mol. The molecule has 3 rings (SSSR count). The maximum absolute atomic E-state index is 12.6. The van der Waals surface area contributed by atoms with Gasteiger partial charge in [0.1, 0.15) is 5.75 Å². The lowest BCUT2D eigenvalue weighted by atomic mass is 9.97. The molecule has 0 aliphatic heterocycles. The second-order valence-corrected chi connectivity index (χ2v) is 6.39. The summed E-state index contributed by atoms with van der Waals surface area (Å²) >= 11 is 0. The van der Waals surface area contributed by atoms with Crippen LogP contribution >= 0.6 is 0 Å². The zero-order chi connectivity index (χ0) is 19.1. The van der Waals surface area contributed by atoms with Gasteiger partial charge in [-0.3, -0.25) is 9.69 Å². The normalized spacial score (nSPS) is 10.8. The van der Waals surface area contributed by atoms with Gasteiger partial charge in [0.25, 0.3) is 0 Å². The number of rotatable bonds is 7. The van der Waals surface area contributed by atoms with Crippen molar-refractivity contribution in [2.24, 2.45) is 0 Å². The molecule has 0 fully saturated rings. The van der Waals surface area contributed by atoms with Crippen molar-refractivity contribution in [3.05, 3.63) is 96.1 Å².